The van der Waals surface area contributed by atoms with E-state index < -0.39 is 17.0 Å². The maximum atomic E-state index is 12.7. The summed E-state index contributed by atoms with van der Waals surface area (Å²) in [6.45, 7) is 8.81. The molecule has 0 spiro atoms. The Morgan fingerprint density at radius 3 is 2.26 bits per heavy atom. The molecule has 0 bridgehead atoms. The van der Waals surface area contributed by atoms with Gasteiger partial charge in [-0.15, -0.1) is 10.3 Å². The van der Waals surface area contributed by atoms with E-state index in [9.17, 15) is 14.8 Å². The molecule has 1 N–H and O–H groups in total. The van der Waals surface area contributed by atoms with Crippen molar-refractivity contribution in [1.82, 2.24) is 5.06 Å². The van der Waals surface area contributed by atoms with Gasteiger partial charge in [-0.2, -0.15) is 0 Å². The zero-order chi connectivity index (χ0) is 20.0. The molecule has 0 fully saturated rings. The molecule has 1 radical (unpaired) electrons. The molecule has 2 aromatic rings. The first-order chi connectivity index (χ1) is 12.5. The minimum absolute atomic E-state index is 0.204. The van der Waals surface area contributed by atoms with Crippen molar-refractivity contribution in [1.29, 1.82) is 0 Å². The number of anilines is 1. The number of para-hydroxylation sites is 1. The van der Waals surface area contributed by atoms with E-state index in [0.717, 1.165) is 16.2 Å². The number of ether oxygens (including phenoxy) is 1. The number of nitrogens with zero attached hydrogens (tertiary/aromatic N) is 1. The average molecular weight is 367 g/mol. The topological polar surface area (TPSA) is 78.5 Å². The minimum atomic E-state index is -0.699. The first-order valence-electron chi connectivity index (χ1n) is 8.76. The van der Waals surface area contributed by atoms with Crippen molar-refractivity contribution in [3.63, 3.8) is 0 Å². The Labute approximate surface area is 158 Å². The zero-order valence-corrected chi connectivity index (χ0v) is 16.1. The average Bonchev–Trinajstić information content (AvgIpc) is 2.72. The van der Waals surface area contributed by atoms with Gasteiger partial charge in [0.25, 0.3) is 5.91 Å². The lowest BCUT2D eigenvalue weighted by Gasteiger charge is -2.32. The zero-order valence-electron chi connectivity index (χ0n) is 16.1. The second-order valence-corrected chi connectivity index (χ2v) is 7.72. The predicted octanol–water partition coefficient (Wildman–Crippen LogP) is 4.00. The van der Waals surface area contributed by atoms with Crippen LogP contribution in [0.2, 0.25) is 0 Å². The highest BCUT2D eigenvalue weighted by Crippen LogP contribution is 2.48. The van der Waals surface area contributed by atoms with E-state index in [1.165, 1.54) is 6.92 Å². The van der Waals surface area contributed by atoms with Gasteiger partial charge in [-0.3, -0.25) is 9.59 Å². The number of carbonyl (C=O) groups is 2. The molecular weight excluding hydrogens is 344 g/mol. The normalized spacial score (nSPS) is 17.3. The van der Waals surface area contributed by atoms with Crippen LogP contribution in [0.3, 0.4) is 0 Å². The molecular formula is C21H23N2O4. The second-order valence-electron chi connectivity index (χ2n) is 7.72. The lowest BCUT2D eigenvalue weighted by Crippen LogP contribution is -2.41. The molecule has 141 valence electrons. The molecule has 1 amide bonds. The van der Waals surface area contributed by atoms with Gasteiger partial charge in [-0.25, -0.2) is 0 Å². The highest BCUT2D eigenvalue weighted by molar-refractivity contribution is 6.06. The molecule has 0 saturated heterocycles. The Kier molecular flexibility index (Phi) is 4.57. The van der Waals surface area contributed by atoms with E-state index in [4.69, 9.17) is 4.74 Å². The van der Waals surface area contributed by atoms with E-state index in [2.05, 4.69) is 5.32 Å². The molecule has 6 heteroatoms. The van der Waals surface area contributed by atoms with Crippen LogP contribution in [0.5, 0.6) is 5.75 Å². The number of rotatable bonds is 3. The van der Waals surface area contributed by atoms with Crippen molar-refractivity contribution >= 4 is 17.6 Å². The Hall–Kier alpha value is -2.70. The Bertz CT molecular complexity index is 918. The van der Waals surface area contributed by atoms with Crippen LogP contribution in [0.25, 0.3) is 0 Å². The quantitative estimate of drug-likeness (QED) is 0.657. The number of hydrogen-bond acceptors (Lipinski definition) is 4. The van der Waals surface area contributed by atoms with Crippen LogP contribution in [0.4, 0.5) is 5.69 Å². The fourth-order valence-electron chi connectivity index (χ4n) is 3.68. The SMILES string of the molecule is CC(=O)Oc1ccccc1C(=O)Nc1ccc2c(c1)C(C)(C)N([O])C2(C)C. The first-order valence-corrected chi connectivity index (χ1v) is 8.76. The Morgan fingerprint density at radius 2 is 1.59 bits per heavy atom. The van der Waals surface area contributed by atoms with Crippen molar-refractivity contribution in [3.05, 3.63) is 59.2 Å². The second kappa shape index (κ2) is 6.48. The lowest BCUT2D eigenvalue weighted by molar-refractivity contribution is -0.266. The number of hydroxylamine groups is 2. The highest BCUT2D eigenvalue weighted by Gasteiger charge is 2.50. The van der Waals surface area contributed by atoms with Crippen molar-refractivity contribution in [2.24, 2.45) is 0 Å². The molecule has 3 rings (SSSR count). The molecule has 1 aliphatic rings. The van der Waals surface area contributed by atoms with Crippen LogP contribution < -0.4 is 10.1 Å². The standard InChI is InChI=1S/C21H23N2O4/c1-13(24)27-18-9-7-6-8-15(18)19(25)22-14-10-11-16-17(12-14)21(4,5)23(26)20(16,2)3/h6-12H,1-5H3,(H,22,25). The fourth-order valence-corrected chi connectivity index (χ4v) is 3.68. The molecule has 0 atom stereocenters. The van der Waals surface area contributed by atoms with Crippen LogP contribution >= 0.6 is 0 Å². The summed E-state index contributed by atoms with van der Waals surface area (Å²) in [5.41, 5.74) is 1.33. The van der Waals surface area contributed by atoms with E-state index in [-0.39, 0.29) is 17.2 Å². The summed E-state index contributed by atoms with van der Waals surface area (Å²) in [6, 6.07) is 12.0. The number of esters is 1. The molecule has 2 aromatic carbocycles. The van der Waals surface area contributed by atoms with E-state index >= 15 is 0 Å². The third-order valence-electron chi connectivity index (χ3n) is 5.00. The molecule has 6 nitrogen and oxygen atoms in total. The van der Waals surface area contributed by atoms with Crippen molar-refractivity contribution < 1.29 is 19.5 Å². The largest absolute Gasteiger partial charge is 0.426 e. The van der Waals surface area contributed by atoms with Gasteiger partial charge in [0.05, 0.1) is 16.6 Å². The van der Waals surface area contributed by atoms with Crippen molar-refractivity contribution in [3.8, 4) is 5.75 Å². The Morgan fingerprint density at radius 1 is 0.963 bits per heavy atom. The third-order valence-corrected chi connectivity index (χ3v) is 5.00. The van der Waals surface area contributed by atoms with E-state index in [1.54, 1.807) is 30.3 Å². The van der Waals surface area contributed by atoms with Crippen LogP contribution in [0.1, 0.15) is 56.1 Å². The Balaban J connectivity index is 1.92. The lowest BCUT2D eigenvalue weighted by atomic mass is 9.90. The summed E-state index contributed by atoms with van der Waals surface area (Å²) >= 11 is 0. The molecule has 0 aromatic heterocycles. The third kappa shape index (κ3) is 3.22. The van der Waals surface area contributed by atoms with Gasteiger partial charge >= 0.3 is 5.97 Å². The van der Waals surface area contributed by atoms with E-state index in [1.807, 2.05) is 39.8 Å². The molecule has 0 saturated carbocycles. The molecule has 0 unspecified atom stereocenters. The van der Waals surface area contributed by atoms with Gasteiger partial charge in [-0.05, 0) is 63.1 Å². The minimum Gasteiger partial charge on any atom is -0.426 e. The smallest absolute Gasteiger partial charge is 0.308 e. The molecule has 0 aliphatic carbocycles. The number of hydrogen-bond donors (Lipinski definition) is 1. The molecule has 27 heavy (non-hydrogen) atoms. The van der Waals surface area contributed by atoms with Gasteiger partial charge < -0.3 is 10.1 Å². The predicted molar refractivity (Wildman–Crippen MR) is 101 cm³/mol. The molecule has 1 aliphatic heterocycles. The first kappa shape index (κ1) is 19.1. The van der Waals surface area contributed by atoms with Gasteiger partial charge in [0.1, 0.15) is 5.75 Å². The number of fused-ring (bicyclic) bond motifs is 1. The summed E-state index contributed by atoms with van der Waals surface area (Å²) in [5, 5.41) is 16.6. The van der Waals surface area contributed by atoms with Crippen LogP contribution in [0.15, 0.2) is 42.5 Å². The summed E-state index contributed by atoms with van der Waals surface area (Å²) in [5.74, 6) is -0.677. The van der Waals surface area contributed by atoms with Gasteiger partial charge in [-0.1, -0.05) is 18.2 Å². The summed E-state index contributed by atoms with van der Waals surface area (Å²) in [7, 11) is 0. The van der Waals surface area contributed by atoms with Crippen LogP contribution in [-0.2, 0) is 21.1 Å². The molecule has 1 heterocycles. The number of amides is 1. The van der Waals surface area contributed by atoms with Gasteiger partial charge in [0, 0.05) is 12.6 Å². The van der Waals surface area contributed by atoms with Crippen molar-refractivity contribution in [2.45, 2.75) is 45.7 Å². The van der Waals surface area contributed by atoms with Crippen molar-refractivity contribution in [2.75, 3.05) is 5.32 Å². The maximum absolute atomic E-state index is 12.7. The summed E-state index contributed by atoms with van der Waals surface area (Å²) < 4.78 is 5.10. The number of nitrogens with one attached hydrogen (secondary N) is 1. The maximum Gasteiger partial charge on any atom is 0.308 e. The van der Waals surface area contributed by atoms with Gasteiger partial charge in [0.15, 0.2) is 0 Å². The fraction of sp³-hybridized carbons (Fsp3) is 0.333. The number of carbonyl (C=O) groups excluding carboxylic acids is 2. The van der Waals surface area contributed by atoms with E-state index in [0.29, 0.717) is 5.69 Å². The van der Waals surface area contributed by atoms with Gasteiger partial charge in [0.2, 0.25) is 0 Å². The van der Waals surface area contributed by atoms with Crippen LogP contribution in [0, 0.1) is 0 Å². The summed E-state index contributed by atoms with van der Waals surface area (Å²) in [6.07, 6.45) is 0. The van der Waals surface area contributed by atoms with Crippen LogP contribution in [-0.4, -0.2) is 16.9 Å². The number of benzene rings is 2. The monoisotopic (exact) mass is 367 g/mol. The highest BCUT2D eigenvalue weighted by atomic mass is 16.5. The summed E-state index contributed by atoms with van der Waals surface area (Å²) in [4.78, 5) is 23.9.